The summed E-state index contributed by atoms with van der Waals surface area (Å²) in [4.78, 5) is 13.4. The van der Waals surface area contributed by atoms with Gasteiger partial charge in [-0.25, -0.2) is 0 Å². The van der Waals surface area contributed by atoms with Crippen molar-refractivity contribution in [2.24, 2.45) is 0 Å². The molecule has 1 aliphatic rings. The highest BCUT2D eigenvalue weighted by atomic mass is 16.1. The zero-order valence-electron chi connectivity index (χ0n) is 9.18. The first-order valence-corrected chi connectivity index (χ1v) is 5.41. The van der Waals surface area contributed by atoms with E-state index in [2.05, 4.69) is 29.5 Å². The van der Waals surface area contributed by atoms with Crippen molar-refractivity contribution in [2.75, 3.05) is 33.2 Å². The van der Waals surface area contributed by atoms with E-state index >= 15 is 0 Å². The average molecular weight is 199 g/mol. The van der Waals surface area contributed by atoms with Crippen molar-refractivity contribution in [1.29, 1.82) is 0 Å². The molecule has 1 rings (SSSR count). The van der Waals surface area contributed by atoms with Crippen LogP contribution in [0.25, 0.3) is 0 Å². The van der Waals surface area contributed by atoms with Gasteiger partial charge in [0.25, 0.3) is 0 Å². The van der Waals surface area contributed by atoms with Gasteiger partial charge in [0.05, 0.1) is 6.54 Å². The second kappa shape index (κ2) is 5.98. The summed E-state index contributed by atoms with van der Waals surface area (Å²) in [6.45, 7) is 5.27. The van der Waals surface area contributed by atoms with E-state index < -0.39 is 0 Å². The SMILES string of the molecule is CCN(C)CCNC(=O)CNC1CC1. The largest absolute Gasteiger partial charge is 0.354 e. The Morgan fingerprint density at radius 1 is 1.50 bits per heavy atom. The lowest BCUT2D eigenvalue weighted by molar-refractivity contribution is -0.120. The van der Waals surface area contributed by atoms with Crippen LogP contribution in [-0.2, 0) is 4.79 Å². The minimum absolute atomic E-state index is 0.112. The fourth-order valence-electron chi connectivity index (χ4n) is 1.13. The number of rotatable bonds is 7. The van der Waals surface area contributed by atoms with Gasteiger partial charge in [0.2, 0.25) is 5.91 Å². The Hall–Kier alpha value is -0.610. The van der Waals surface area contributed by atoms with E-state index in [1.807, 2.05) is 0 Å². The Morgan fingerprint density at radius 3 is 2.79 bits per heavy atom. The number of carbonyl (C=O) groups is 1. The third kappa shape index (κ3) is 5.19. The second-order valence-corrected chi connectivity index (χ2v) is 3.90. The van der Waals surface area contributed by atoms with Crippen molar-refractivity contribution in [3.63, 3.8) is 0 Å². The smallest absolute Gasteiger partial charge is 0.234 e. The average Bonchev–Trinajstić information content (AvgIpc) is 2.98. The molecule has 0 aromatic rings. The van der Waals surface area contributed by atoms with Crippen LogP contribution in [0, 0.1) is 0 Å². The zero-order valence-corrected chi connectivity index (χ0v) is 9.18. The molecule has 0 aromatic carbocycles. The van der Waals surface area contributed by atoms with E-state index in [4.69, 9.17) is 0 Å². The summed E-state index contributed by atoms with van der Waals surface area (Å²) in [6.07, 6.45) is 2.46. The van der Waals surface area contributed by atoms with E-state index in [-0.39, 0.29) is 5.91 Å². The van der Waals surface area contributed by atoms with E-state index in [0.29, 0.717) is 12.6 Å². The Balaban J connectivity index is 1.91. The van der Waals surface area contributed by atoms with Gasteiger partial charge in [-0.15, -0.1) is 0 Å². The molecule has 1 fully saturated rings. The van der Waals surface area contributed by atoms with Crippen LogP contribution >= 0.6 is 0 Å². The second-order valence-electron chi connectivity index (χ2n) is 3.90. The molecule has 0 atom stereocenters. The molecule has 4 heteroatoms. The van der Waals surface area contributed by atoms with Crippen LogP contribution in [0.1, 0.15) is 19.8 Å². The monoisotopic (exact) mass is 199 g/mol. The topological polar surface area (TPSA) is 44.4 Å². The molecule has 0 heterocycles. The van der Waals surface area contributed by atoms with E-state index in [1.54, 1.807) is 0 Å². The van der Waals surface area contributed by atoms with E-state index in [1.165, 1.54) is 12.8 Å². The van der Waals surface area contributed by atoms with Gasteiger partial charge < -0.3 is 15.5 Å². The van der Waals surface area contributed by atoms with Crippen molar-refractivity contribution in [1.82, 2.24) is 15.5 Å². The molecule has 2 N–H and O–H groups in total. The molecule has 0 spiro atoms. The summed E-state index contributed by atoms with van der Waals surface area (Å²) < 4.78 is 0. The lowest BCUT2D eigenvalue weighted by Crippen LogP contribution is -2.38. The van der Waals surface area contributed by atoms with Crippen molar-refractivity contribution < 1.29 is 4.79 Å². The summed E-state index contributed by atoms with van der Waals surface area (Å²) >= 11 is 0. The summed E-state index contributed by atoms with van der Waals surface area (Å²) in [6, 6.07) is 0.610. The molecule has 82 valence electrons. The number of amides is 1. The van der Waals surface area contributed by atoms with Crippen LogP contribution < -0.4 is 10.6 Å². The van der Waals surface area contributed by atoms with Crippen LogP contribution in [-0.4, -0.2) is 50.1 Å². The van der Waals surface area contributed by atoms with Crippen molar-refractivity contribution in [3.05, 3.63) is 0 Å². The number of hydrogen-bond acceptors (Lipinski definition) is 3. The summed E-state index contributed by atoms with van der Waals surface area (Å²) in [5.74, 6) is 0.112. The van der Waals surface area contributed by atoms with Crippen LogP contribution in [0.15, 0.2) is 0 Å². The molecular formula is C10H21N3O. The highest BCUT2D eigenvalue weighted by Gasteiger charge is 2.20. The first-order valence-electron chi connectivity index (χ1n) is 5.41. The molecule has 0 saturated heterocycles. The fourth-order valence-corrected chi connectivity index (χ4v) is 1.13. The van der Waals surface area contributed by atoms with Crippen LogP contribution in [0.3, 0.4) is 0 Å². The first-order chi connectivity index (χ1) is 6.72. The van der Waals surface area contributed by atoms with Gasteiger partial charge in [-0.1, -0.05) is 6.92 Å². The standard InChI is InChI=1S/C10H21N3O/c1-3-13(2)7-6-11-10(14)8-12-9-4-5-9/h9,12H,3-8H2,1-2H3,(H,11,14). The highest BCUT2D eigenvalue weighted by Crippen LogP contribution is 2.17. The van der Waals surface area contributed by atoms with Crippen molar-refractivity contribution >= 4 is 5.91 Å². The molecule has 0 bridgehead atoms. The number of nitrogens with zero attached hydrogens (tertiary/aromatic N) is 1. The van der Waals surface area contributed by atoms with Crippen LogP contribution in [0.2, 0.25) is 0 Å². The Morgan fingerprint density at radius 2 is 2.21 bits per heavy atom. The molecule has 0 aromatic heterocycles. The van der Waals surface area contributed by atoms with E-state index in [9.17, 15) is 4.79 Å². The number of nitrogens with one attached hydrogen (secondary N) is 2. The van der Waals surface area contributed by atoms with Gasteiger partial charge in [0, 0.05) is 19.1 Å². The molecule has 1 saturated carbocycles. The number of hydrogen-bond donors (Lipinski definition) is 2. The van der Waals surface area contributed by atoms with Gasteiger partial charge in [-0.2, -0.15) is 0 Å². The Labute approximate surface area is 86.0 Å². The summed E-state index contributed by atoms with van der Waals surface area (Å²) in [7, 11) is 2.05. The third-order valence-corrected chi connectivity index (χ3v) is 2.48. The highest BCUT2D eigenvalue weighted by molar-refractivity contribution is 5.78. The summed E-state index contributed by atoms with van der Waals surface area (Å²) in [5, 5.41) is 6.07. The number of likely N-dealkylation sites (N-methyl/N-ethyl adjacent to an activating group) is 1. The Bertz CT molecular complexity index is 180. The minimum atomic E-state index is 0.112. The molecule has 0 radical (unpaired) electrons. The predicted molar refractivity (Wildman–Crippen MR) is 57.2 cm³/mol. The van der Waals surface area contributed by atoms with E-state index in [0.717, 1.165) is 19.6 Å². The van der Waals surface area contributed by atoms with Gasteiger partial charge in [-0.05, 0) is 26.4 Å². The molecule has 0 aliphatic heterocycles. The molecule has 0 unspecified atom stereocenters. The minimum Gasteiger partial charge on any atom is -0.354 e. The normalized spacial score (nSPS) is 15.9. The molecular weight excluding hydrogens is 178 g/mol. The predicted octanol–water partition coefficient (Wildman–Crippen LogP) is -0.194. The van der Waals surface area contributed by atoms with Crippen molar-refractivity contribution in [2.45, 2.75) is 25.8 Å². The van der Waals surface area contributed by atoms with Gasteiger partial charge in [0.15, 0.2) is 0 Å². The van der Waals surface area contributed by atoms with Crippen molar-refractivity contribution in [3.8, 4) is 0 Å². The molecule has 4 nitrogen and oxygen atoms in total. The maximum atomic E-state index is 11.3. The first kappa shape index (κ1) is 11.5. The third-order valence-electron chi connectivity index (χ3n) is 2.48. The van der Waals surface area contributed by atoms with Crippen LogP contribution in [0.5, 0.6) is 0 Å². The van der Waals surface area contributed by atoms with Crippen LogP contribution in [0.4, 0.5) is 0 Å². The quantitative estimate of drug-likeness (QED) is 0.597. The fraction of sp³-hybridized carbons (Fsp3) is 0.900. The lowest BCUT2D eigenvalue weighted by Gasteiger charge is -2.13. The number of carbonyl (C=O) groups excluding carboxylic acids is 1. The molecule has 1 aliphatic carbocycles. The summed E-state index contributed by atoms with van der Waals surface area (Å²) in [5.41, 5.74) is 0. The van der Waals surface area contributed by atoms with Gasteiger partial charge in [0.1, 0.15) is 0 Å². The lowest BCUT2D eigenvalue weighted by atomic mass is 10.5. The molecule has 1 amide bonds. The Kier molecular flexibility index (Phi) is 4.90. The van der Waals surface area contributed by atoms with Gasteiger partial charge in [-0.3, -0.25) is 4.79 Å². The molecule has 14 heavy (non-hydrogen) atoms. The zero-order chi connectivity index (χ0) is 10.4. The van der Waals surface area contributed by atoms with Gasteiger partial charge >= 0.3 is 0 Å². The maximum Gasteiger partial charge on any atom is 0.234 e. The maximum absolute atomic E-state index is 11.3.